The summed E-state index contributed by atoms with van der Waals surface area (Å²) in [5.74, 6) is -0.349. The van der Waals surface area contributed by atoms with Gasteiger partial charge in [-0.25, -0.2) is 30.6 Å². The van der Waals surface area contributed by atoms with Crippen LogP contribution in [0.1, 0.15) is 42.8 Å². The van der Waals surface area contributed by atoms with E-state index in [4.69, 9.17) is 36.7 Å². The summed E-state index contributed by atoms with van der Waals surface area (Å²) in [7, 11) is 0. The molecule has 0 radical (unpaired) electrons. The summed E-state index contributed by atoms with van der Waals surface area (Å²) in [6, 6.07) is 0. The first kappa shape index (κ1) is 34.9. The van der Waals surface area contributed by atoms with Crippen LogP contribution in [0.3, 0.4) is 0 Å². The van der Waals surface area contributed by atoms with Gasteiger partial charge in [0.1, 0.15) is 31.3 Å². The fraction of sp³-hybridized carbons (Fsp3) is 0.538. The summed E-state index contributed by atoms with van der Waals surface area (Å²) >= 11 is 6.86. The molecule has 0 aliphatic carbocycles. The molecule has 5 rings (SSSR count). The Kier molecular flexibility index (Phi) is 11.3. The number of ether oxygens (including phenoxy) is 1. The maximum Gasteiger partial charge on any atom is 0.327 e. The van der Waals surface area contributed by atoms with Gasteiger partial charge >= 0.3 is 6.72 Å². The maximum absolute atomic E-state index is 15.4. The number of hydrogen-bond donors (Lipinski definition) is 3. The van der Waals surface area contributed by atoms with Crippen molar-refractivity contribution in [2.75, 3.05) is 26.4 Å². The number of imidazole rings is 1. The largest absolute Gasteiger partial charge is 0.388 e. The Morgan fingerprint density at radius 1 is 1.36 bits per heavy atom. The minimum atomic E-state index is -3.58. The van der Waals surface area contributed by atoms with Gasteiger partial charge < -0.3 is 38.7 Å². The summed E-state index contributed by atoms with van der Waals surface area (Å²) < 4.78 is 41.0. The summed E-state index contributed by atoms with van der Waals surface area (Å²) in [5.41, 5.74) is 1.62. The van der Waals surface area contributed by atoms with Crippen molar-refractivity contribution in [2.45, 2.75) is 58.0 Å². The Labute approximate surface area is 276 Å². The van der Waals surface area contributed by atoms with Crippen LogP contribution < -0.4 is 5.32 Å². The van der Waals surface area contributed by atoms with Crippen molar-refractivity contribution in [3.63, 3.8) is 0 Å². The van der Waals surface area contributed by atoms with Gasteiger partial charge in [-0.15, -0.1) is 16.4 Å². The number of Topliss-reactive ketones (excluding diaryl/α,β-unsaturated/α-hetero) is 1. The number of amides is 1. The Hall–Kier alpha value is -3.38. The molecule has 21 heteroatoms. The van der Waals surface area contributed by atoms with Gasteiger partial charge in [-0.1, -0.05) is 13.8 Å². The van der Waals surface area contributed by atoms with E-state index in [1.54, 1.807) is 25.6 Å². The van der Waals surface area contributed by atoms with E-state index in [0.29, 0.717) is 10.7 Å². The average Bonchev–Trinajstić information content (AvgIpc) is 3.84. The number of aliphatic imine (C=N–C) groups is 1. The van der Waals surface area contributed by atoms with E-state index in [2.05, 4.69) is 35.2 Å². The van der Waals surface area contributed by atoms with Gasteiger partial charge in [-0.05, 0) is 11.8 Å². The Balaban J connectivity index is 1.25. The van der Waals surface area contributed by atoms with E-state index in [-0.39, 0.29) is 74.3 Å². The number of halogens is 1. The molecule has 0 bridgehead atoms. The van der Waals surface area contributed by atoms with E-state index in [9.17, 15) is 19.8 Å². The fourth-order valence-electron chi connectivity index (χ4n) is 4.50. The number of fused-ring (bicyclic) bond motifs is 1. The second kappa shape index (κ2) is 15.2. The lowest BCUT2D eigenvalue weighted by molar-refractivity contribution is -0.122. The van der Waals surface area contributed by atoms with Gasteiger partial charge in [-0.2, -0.15) is 0 Å². The molecule has 17 nitrogen and oxygen atoms in total. The van der Waals surface area contributed by atoms with Crippen LogP contribution in [0.5, 0.6) is 0 Å². The minimum absolute atomic E-state index is 0.00269. The van der Waals surface area contributed by atoms with Crippen molar-refractivity contribution >= 4 is 53.2 Å². The first-order valence-electron chi connectivity index (χ1n) is 14.3. The number of thiazole rings is 1. The van der Waals surface area contributed by atoms with E-state index < -0.39 is 43.7 Å². The average molecular weight is 712 g/mol. The van der Waals surface area contributed by atoms with Gasteiger partial charge in [0.15, 0.2) is 41.3 Å². The normalized spacial score (nSPS) is 22.1. The number of aromatic nitrogens is 6. The van der Waals surface area contributed by atoms with Crippen molar-refractivity contribution in [1.29, 1.82) is 0 Å². The van der Waals surface area contributed by atoms with Crippen LogP contribution >= 0.6 is 18.1 Å². The van der Waals surface area contributed by atoms with Crippen molar-refractivity contribution in [1.82, 2.24) is 34.6 Å². The number of carbonyl (C=O) groups excluding carboxylic acids is 2. The summed E-state index contributed by atoms with van der Waals surface area (Å²) in [6.07, 6.45) is -3.72. The Morgan fingerprint density at radius 2 is 2.15 bits per heavy atom. The monoisotopic (exact) mass is 711 g/mol. The number of nitrogens with zero attached hydrogens (tertiary/aromatic N) is 8. The summed E-state index contributed by atoms with van der Waals surface area (Å²) in [5, 5.41) is 27.5. The third-order valence-corrected chi connectivity index (χ3v) is 10.1. The molecule has 2 aliphatic heterocycles. The third-order valence-electron chi connectivity index (χ3n) is 6.90. The van der Waals surface area contributed by atoms with E-state index in [1.807, 2.05) is 0 Å². The van der Waals surface area contributed by atoms with Crippen LogP contribution in [-0.4, -0.2) is 102 Å². The zero-order valence-electron chi connectivity index (χ0n) is 25.1. The van der Waals surface area contributed by atoms with E-state index >= 15 is 4.39 Å². The lowest BCUT2D eigenvalue weighted by Crippen LogP contribution is -2.36. The molecule has 2 unspecified atom stereocenters. The predicted molar refractivity (Wildman–Crippen MR) is 167 cm³/mol. The SMILES string of the molecule is [C-]#[N+]CCOP(=S)(OCCn1nc(-c2cncs2)nc1CO)OC[C@H]1OC(n2cnc3c2N=C(NC(=O)C(C)C)CC3=O)[C@H](O)[C@@H]1F. The second-order valence-electron chi connectivity index (χ2n) is 10.5. The van der Waals surface area contributed by atoms with Crippen molar-refractivity contribution < 1.29 is 42.5 Å². The molecule has 1 fully saturated rings. The zero-order valence-corrected chi connectivity index (χ0v) is 27.7. The van der Waals surface area contributed by atoms with Crippen LogP contribution in [0.2, 0.25) is 0 Å². The number of aliphatic hydroxyl groups is 2. The van der Waals surface area contributed by atoms with E-state index in [0.717, 1.165) is 0 Å². The number of alkyl halides is 1. The Morgan fingerprint density at radius 3 is 2.85 bits per heavy atom. The standard InChI is InChI=1S/C26H31FN9O8PS2/c1-14(2)25(40)32-18-8-15(38)21-24(31-18)35(12-30-21)26-22(39)20(27)16(44-26)11-43-45(46,41-6-4-28-3)42-7-5-36-19(10-37)33-23(34-36)17-9-29-13-47-17/h9,12-14,16,20,22,26,37,39H,4-8,10-11H2,1-2H3,(H,31,32,40)/t16-,20-,22-,26?,45?/m1/s1. The van der Waals surface area contributed by atoms with Gasteiger partial charge in [0.25, 0.3) is 0 Å². The minimum Gasteiger partial charge on any atom is -0.388 e. The van der Waals surface area contributed by atoms with Crippen LogP contribution in [0.15, 0.2) is 23.0 Å². The van der Waals surface area contributed by atoms with Gasteiger partial charge in [-0.3, -0.25) is 19.1 Å². The van der Waals surface area contributed by atoms with Gasteiger partial charge in [0, 0.05) is 12.1 Å². The van der Waals surface area contributed by atoms with Crippen molar-refractivity contribution in [3.05, 3.63) is 41.0 Å². The molecular weight excluding hydrogens is 680 g/mol. The summed E-state index contributed by atoms with van der Waals surface area (Å²) in [6.45, 7) is 5.82. The van der Waals surface area contributed by atoms with Crippen LogP contribution in [0.4, 0.5) is 10.2 Å². The van der Waals surface area contributed by atoms with Gasteiger partial charge in [0.05, 0.1) is 42.9 Å². The Bertz CT molecular complexity index is 1710. The highest BCUT2D eigenvalue weighted by Crippen LogP contribution is 2.51. The smallest absolute Gasteiger partial charge is 0.327 e. The molecule has 0 aromatic carbocycles. The molecule has 252 valence electrons. The highest BCUT2D eigenvalue weighted by atomic mass is 32.5. The number of amidine groups is 1. The quantitative estimate of drug-likeness (QED) is 0.125. The molecular formula is C26H31FN9O8PS2. The molecule has 1 saturated heterocycles. The number of ketones is 1. The lowest BCUT2D eigenvalue weighted by Gasteiger charge is -2.23. The first-order chi connectivity index (χ1) is 22.5. The van der Waals surface area contributed by atoms with Crippen molar-refractivity contribution in [3.8, 4) is 10.7 Å². The molecule has 0 saturated carbocycles. The highest BCUT2D eigenvalue weighted by molar-refractivity contribution is 8.07. The van der Waals surface area contributed by atoms with Crippen molar-refractivity contribution in [2.24, 2.45) is 10.9 Å². The number of hydrogen-bond acceptors (Lipinski definition) is 15. The predicted octanol–water partition coefficient (Wildman–Crippen LogP) is 1.97. The highest BCUT2D eigenvalue weighted by Gasteiger charge is 2.47. The molecule has 3 aromatic rings. The second-order valence-corrected chi connectivity index (χ2v) is 14.4. The number of carbonyl (C=O) groups is 2. The molecule has 3 aromatic heterocycles. The van der Waals surface area contributed by atoms with Crippen LogP contribution in [-0.2, 0) is 48.1 Å². The topological polar surface area (TPSA) is 202 Å². The van der Waals surface area contributed by atoms with Gasteiger partial charge in [0.2, 0.25) is 12.5 Å². The number of rotatable bonds is 14. The molecule has 3 N–H and O–H groups in total. The maximum atomic E-state index is 15.4. The molecule has 2 aliphatic rings. The first-order valence-corrected chi connectivity index (χ1v) is 17.7. The summed E-state index contributed by atoms with van der Waals surface area (Å²) in [4.78, 5) is 45.5. The lowest BCUT2D eigenvalue weighted by atomic mass is 10.1. The molecule has 47 heavy (non-hydrogen) atoms. The van der Waals surface area contributed by atoms with E-state index in [1.165, 1.54) is 26.9 Å². The zero-order chi connectivity index (χ0) is 33.7. The molecule has 1 amide bonds. The van der Waals surface area contributed by atoms with Crippen LogP contribution in [0.25, 0.3) is 15.5 Å². The number of nitrogens with one attached hydrogen (secondary N) is 1. The third kappa shape index (κ3) is 8.02. The molecule has 0 spiro atoms. The molecule has 5 heterocycles. The number of aliphatic hydroxyl groups excluding tert-OH is 2. The molecule has 5 atom stereocenters. The fourth-order valence-corrected chi connectivity index (χ4v) is 6.84. The van der Waals surface area contributed by atoms with Crippen LogP contribution in [0, 0.1) is 12.5 Å².